The minimum Gasteiger partial charge on any atom is -0.497 e. The van der Waals surface area contributed by atoms with Crippen molar-refractivity contribution in [3.8, 4) is 5.75 Å². The molecule has 0 radical (unpaired) electrons. The van der Waals surface area contributed by atoms with Gasteiger partial charge in [0.15, 0.2) is 0 Å². The second-order valence-electron chi connectivity index (χ2n) is 8.08. The summed E-state index contributed by atoms with van der Waals surface area (Å²) in [6.45, 7) is 4.28. The summed E-state index contributed by atoms with van der Waals surface area (Å²) in [7, 11) is 1.66. The summed E-state index contributed by atoms with van der Waals surface area (Å²) in [6, 6.07) is 12.1. The van der Waals surface area contributed by atoms with Gasteiger partial charge in [0.2, 0.25) is 11.8 Å². The third kappa shape index (κ3) is 4.08. The molecular formula is C23H28N2O4. The van der Waals surface area contributed by atoms with E-state index in [1.165, 1.54) is 0 Å². The molecule has 2 aliphatic heterocycles. The maximum absolute atomic E-state index is 13.1. The Bertz CT molecular complexity index is 918. The smallest absolute Gasteiger partial charge is 0.229 e. The molecule has 2 fully saturated rings. The molecule has 1 N–H and O–H groups in total. The van der Waals surface area contributed by atoms with E-state index >= 15 is 0 Å². The lowest BCUT2D eigenvalue weighted by atomic mass is 9.89. The molecule has 0 aromatic heterocycles. The Labute approximate surface area is 171 Å². The molecule has 6 nitrogen and oxygen atoms in total. The van der Waals surface area contributed by atoms with Crippen molar-refractivity contribution in [2.45, 2.75) is 37.7 Å². The average molecular weight is 396 g/mol. The van der Waals surface area contributed by atoms with Crippen LogP contribution in [0.25, 0.3) is 10.8 Å². The van der Waals surface area contributed by atoms with Crippen LogP contribution in [-0.2, 0) is 14.3 Å². The highest BCUT2D eigenvalue weighted by Crippen LogP contribution is 2.31. The van der Waals surface area contributed by atoms with E-state index in [1.54, 1.807) is 7.11 Å². The average Bonchev–Trinajstić information content (AvgIpc) is 2.94. The predicted octanol–water partition coefficient (Wildman–Crippen LogP) is 2.85. The van der Waals surface area contributed by atoms with Gasteiger partial charge in [-0.1, -0.05) is 24.3 Å². The van der Waals surface area contributed by atoms with Crippen LogP contribution in [0.2, 0.25) is 0 Å². The highest BCUT2D eigenvalue weighted by Gasteiger charge is 2.39. The fraction of sp³-hybridized carbons (Fsp3) is 0.478. The van der Waals surface area contributed by atoms with E-state index in [9.17, 15) is 9.59 Å². The largest absolute Gasteiger partial charge is 0.497 e. The molecule has 2 aromatic rings. The molecule has 6 heteroatoms. The quantitative estimate of drug-likeness (QED) is 0.866. The van der Waals surface area contributed by atoms with Crippen molar-refractivity contribution in [1.29, 1.82) is 0 Å². The zero-order valence-electron chi connectivity index (χ0n) is 17.1. The van der Waals surface area contributed by atoms with Gasteiger partial charge in [0.25, 0.3) is 0 Å². The van der Waals surface area contributed by atoms with E-state index in [0.29, 0.717) is 32.7 Å². The third-order valence-corrected chi connectivity index (χ3v) is 6.27. The molecule has 2 aliphatic rings. The fourth-order valence-electron chi connectivity index (χ4n) is 4.27. The maximum atomic E-state index is 13.1. The van der Waals surface area contributed by atoms with Crippen LogP contribution in [0.5, 0.6) is 5.75 Å². The summed E-state index contributed by atoms with van der Waals surface area (Å²) < 4.78 is 11.3. The molecule has 2 heterocycles. The number of carbonyl (C=O) groups is 2. The summed E-state index contributed by atoms with van der Waals surface area (Å²) >= 11 is 0. The lowest BCUT2D eigenvalue weighted by molar-refractivity contribution is -0.138. The summed E-state index contributed by atoms with van der Waals surface area (Å²) in [4.78, 5) is 26.7. The van der Waals surface area contributed by atoms with Gasteiger partial charge in [-0.3, -0.25) is 9.59 Å². The van der Waals surface area contributed by atoms with Gasteiger partial charge in [-0.15, -0.1) is 0 Å². The van der Waals surface area contributed by atoms with Crippen LogP contribution < -0.4 is 10.1 Å². The van der Waals surface area contributed by atoms with Gasteiger partial charge in [0, 0.05) is 26.1 Å². The molecular weight excluding hydrogens is 368 g/mol. The van der Waals surface area contributed by atoms with E-state index in [0.717, 1.165) is 34.9 Å². The molecule has 4 rings (SSSR count). The SMILES string of the molecule is COc1ccc2cc([C@H](C)C(=O)N3CCC4(CC3)CNC(=O)CCO4)ccc2c1. The molecule has 1 atom stereocenters. The summed E-state index contributed by atoms with van der Waals surface area (Å²) in [5, 5.41) is 5.14. The number of amides is 2. The zero-order chi connectivity index (χ0) is 20.4. The first-order valence-electron chi connectivity index (χ1n) is 10.3. The number of likely N-dealkylation sites (tertiary alicyclic amines) is 1. The highest BCUT2D eigenvalue weighted by molar-refractivity contribution is 5.88. The third-order valence-electron chi connectivity index (χ3n) is 6.27. The molecule has 1 spiro atoms. The Hall–Kier alpha value is -2.60. The van der Waals surface area contributed by atoms with Gasteiger partial charge in [0.1, 0.15) is 5.75 Å². The topological polar surface area (TPSA) is 67.9 Å². The fourth-order valence-corrected chi connectivity index (χ4v) is 4.27. The highest BCUT2D eigenvalue weighted by atomic mass is 16.5. The van der Waals surface area contributed by atoms with Crippen molar-refractivity contribution in [2.75, 3.05) is 33.4 Å². The minimum absolute atomic E-state index is 0.0444. The molecule has 29 heavy (non-hydrogen) atoms. The van der Waals surface area contributed by atoms with Crippen molar-refractivity contribution < 1.29 is 19.1 Å². The number of rotatable bonds is 3. The number of fused-ring (bicyclic) bond motifs is 1. The first-order valence-corrected chi connectivity index (χ1v) is 10.3. The number of methoxy groups -OCH3 is 1. The number of ether oxygens (including phenoxy) is 2. The number of carbonyl (C=O) groups excluding carboxylic acids is 2. The van der Waals surface area contributed by atoms with Crippen LogP contribution in [0.1, 0.15) is 37.7 Å². The number of benzene rings is 2. The Balaban J connectivity index is 1.43. The van der Waals surface area contributed by atoms with Gasteiger partial charge < -0.3 is 19.7 Å². The molecule has 154 valence electrons. The Morgan fingerprint density at radius 2 is 1.90 bits per heavy atom. The minimum atomic E-state index is -0.325. The second-order valence-corrected chi connectivity index (χ2v) is 8.08. The van der Waals surface area contributed by atoms with Crippen LogP contribution in [0.15, 0.2) is 36.4 Å². The molecule has 2 aromatic carbocycles. The summed E-state index contributed by atoms with van der Waals surface area (Å²) in [6.07, 6.45) is 1.92. The van der Waals surface area contributed by atoms with Crippen LogP contribution in [0.4, 0.5) is 0 Å². The Morgan fingerprint density at radius 3 is 2.66 bits per heavy atom. The monoisotopic (exact) mass is 396 g/mol. The number of hydrogen-bond donors (Lipinski definition) is 1. The number of nitrogens with one attached hydrogen (secondary N) is 1. The standard InChI is InChI=1S/C23H28N2O4/c1-16(17-3-4-19-14-20(28-2)6-5-18(19)13-17)22(27)25-10-8-23(9-11-25)15-24-21(26)7-12-29-23/h3-6,13-14,16H,7-12,15H2,1-2H3,(H,24,26)/t16-/m0/s1. The van der Waals surface area contributed by atoms with Gasteiger partial charge in [-0.2, -0.15) is 0 Å². The van der Waals surface area contributed by atoms with Crippen LogP contribution >= 0.6 is 0 Å². The lowest BCUT2D eigenvalue weighted by Crippen LogP contribution is -2.52. The van der Waals surface area contributed by atoms with Crippen molar-refractivity contribution in [2.24, 2.45) is 0 Å². The zero-order valence-corrected chi connectivity index (χ0v) is 17.1. The van der Waals surface area contributed by atoms with E-state index in [4.69, 9.17) is 9.47 Å². The van der Waals surface area contributed by atoms with Crippen LogP contribution in [-0.4, -0.2) is 55.7 Å². The number of hydrogen-bond acceptors (Lipinski definition) is 4. The van der Waals surface area contributed by atoms with E-state index in [-0.39, 0.29) is 23.3 Å². The Morgan fingerprint density at radius 1 is 1.17 bits per heavy atom. The van der Waals surface area contributed by atoms with Crippen molar-refractivity contribution in [3.63, 3.8) is 0 Å². The second kappa shape index (κ2) is 8.03. The molecule has 0 saturated carbocycles. The lowest BCUT2D eigenvalue weighted by Gasteiger charge is -2.41. The Kier molecular flexibility index (Phi) is 5.46. The van der Waals surface area contributed by atoms with Gasteiger partial charge in [0.05, 0.1) is 25.2 Å². The molecule has 2 amide bonds. The molecule has 0 bridgehead atoms. The maximum Gasteiger partial charge on any atom is 0.229 e. The van der Waals surface area contributed by atoms with Crippen molar-refractivity contribution >= 4 is 22.6 Å². The molecule has 2 saturated heterocycles. The molecule has 0 unspecified atom stereocenters. The van der Waals surface area contributed by atoms with Crippen LogP contribution in [0.3, 0.4) is 0 Å². The van der Waals surface area contributed by atoms with Crippen molar-refractivity contribution in [3.05, 3.63) is 42.0 Å². The normalized spacial score (nSPS) is 20.2. The number of nitrogens with zero attached hydrogens (tertiary/aromatic N) is 1. The number of piperidine rings is 1. The predicted molar refractivity (Wildman–Crippen MR) is 111 cm³/mol. The van der Waals surface area contributed by atoms with Crippen molar-refractivity contribution in [1.82, 2.24) is 10.2 Å². The van der Waals surface area contributed by atoms with Gasteiger partial charge in [-0.25, -0.2) is 0 Å². The molecule has 0 aliphatic carbocycles. The van der Waals surface area contributed by atoms with Gasteiger partial charge >= 0.3 is 0 Å². The van der Waals surface area contributed by atoms with Crippen LogP contribution in [0, 0.1) is 0 Å². The van der Waals surface area contributed by atoms with Gasteiger partial charge in [-0.05, 0) is 48.2 Å². The first-order chi connectivity index (χ1) is 14.0. The van der Waals surface area contributed by atoms with E-state index < -0.39 is 0 Å². The van der Waals surface area contributed by atoms with E-state index in [1.807, 2.05) is 42.2 Å². The summed E-state index contributed by atoms with van der Waals surface area (Å²) in [5.41, 5.74) is 0.694. The van der Waals surface area contributed by atoms with E-state index in [2.05, 4.69) is 11.4 Å². The first kappa shape index (κ1) is 19.7. The summed E-state index contributed by atoms with van der Waals surface area (Å²) in [5.74, 6) is 0.812.